The first-order valence-electron chi connectivity index (χ1n) is 7.99. The Kier molecular flexibility index (Phi) is 4.76. The summed E-state index contributed by atoms with van der Waals surface area (Å²) in [7, 11) is 0. The summed E-state index contributed by atoms with van der Waals surface area (Å²) in [6.45, 7) is 12.3. The molecule has 2 rings (SSSR count). The van der Waals surface area contributed by atoms with Crippen LogP contribution >= 0.6 is 0 Å². The first-order valence-corrected chi connectivity index (χ1v) is 7.99. The van der Waals surface area contributed by atoms with E-state index in [0.29, 0.717) is 12.0 Å². The van der Waals surface area contributed by atoms with Gasteiger partial charge in [0, 0.05) is 0 Å². The number of allylic oxidation sites excluding steroid dienone is 1. The van der Waals surface area contributed by atoms with Crippen LogP contribution in [0.1, 0.15) is 62.9 Å². The summed E-state index contributed by atoms with van der Waals surface area (Å²) in [5, 5.41) is 1.90. The molecule has 1 saturated heterocycles. The number of nitrogens with zero attached hydrogens (tertiary/aromatic N) is 1. The standard InChI is InChI=1S/C19H27NO2/c1-6-10-15-11-7-8-12-16(15)17(21)22-20-18(2,3)13-9-14-19(20,4)5/h6-8,11-12H,1,9-10,13-14H2,2-5H3. The van der Waals surface area contributed by atoms with E-state index in [1.54, 1.807) is 6.08 Å². The van der Waals surface area contributed by atoms with Gasteiger partial charge in [-0.05, 0) is 65.0 Å². The molecule has 0 unspecified atom stereocenters. The lowest BCUT2D eigenvalue weighted by Gasteiger charge is -2.50. The SMILES string of the molecule is C=CCc1ccccc1C(=O)ON1C(C)(C)CCCC1(C)C. The minimum Gasteiger partial charge on any atom is -0.363 e. The fourth-order valence-electron chi connectivity index (χ4n) is 3.41. The van der Waals surface area contributed by atoms with Gasteiger partial charge in [-0.25, -0.2) is 4.79 Å². The van der Waals surface area contributed by atoms with E-state index in [9.17, 15) is 4.79 Å². The summed E-state index contributed by atoms with van der Waals surface area (Å²) in [6, 6.07) is 7.58. The van der Waals surface area contributed by atoms with E-state index in [2.05, 4.69) is 34.3 Å². The lowest BCUT2D eigenvalue weighted by Crippen LogP contribution is -2.58. The van der Waals surface area contributed by atoms with Gasteiger partial charge in [-0.2, -0.15) is 0 Å². The average Bonchev–Trinajstić information content (AvgIpc) is 2.43. The fraction of sp³-hybridized carbons (Fsp3) is 0.526. The van der Waals surface area contributed by atoms with Crippen LogP contribution in [0.5, 0.6) is 0 Å². The van der Waals surface area contributed by atoms with Crippen LogP contribution in [0.3, 0.4) is 0 Å². The summed E-state index contributed by atoms with van der Waals surface area (Å²) in [5.41, 5.74) is 1.28. The third-order valence-electron chi connectivity index (χ3n) is 4.45. The first kappa shape index (κ1) is 16.8. The Morgan fingerprint density at radius 1 is 1.23 bits per heavy atom. The van der Waals surface area contributed by atoms with E-state index >= 15 is 0 Å². The summed E-state index contributed by atoms with van der Waals surface area (Å²) < 4.78 is 0. The van der Waals surface area contributed by atoms with Crippen molar-refractivity contribution in [2.24, 2.45) is 0 Å². The maximum absolute atomic E-state index is 12.7. The molecule has 0 aliphatic carbocycles. The zero-order chi connectivity index (χ0) is 16.4. The summed E-state index contributed by atoms with van der Waals surface area (Å²) >= 11 is 0. The number of hydrogen-bond acceptors (Lipinski definition) is 3. The van der Waals surface area contributed by atoms with Gasteiger partial charge in [-0.3, -0.25) is 0 Å². The third kappa shape index (κ3) is 3.41. The van der Waals surface area contributed by atoms with Crippen LogP contribution < -0.4 is 0 Å². The van der Waals surface area contributed by atoms with Crippen molar-refractivity contribution in [3.63, 3.8) is 0 Å². The van der Waals surface area contributed by atoms with Crippen LogP contribution in [0.2, 0.25) is 0 Å². The highest BCUT2D eigenvalue weighted by Gasteiger charge is 2.44. The van der Waals surface area contributed by atoms with E-state index in [1.807, 2.05) is 29.3 Å². The van der Waals surface area contributed by atoms with Gasteiger partial charge >= 0.3 is 5.97 Å². The second kappa shape index (κ2) is 6.25. The zero-order valence-electron chi connectivity index (χ0n) is 14.2. The molecular weight excluding hydrogens is 274 g/mol. The Balaban J connectivity index is 2.25. The number of carbonyl (C=O) groups is 1. The van der Waals surface area contributed by atoms with Gasteiger partial charge < -0.3 is 4.84 Å². The van der Waals surface area contributed by atoms with E-state index in [1.165, 1.54) is 0 Å². The van der Waals surface area contributed by atoms with Crippen LogP contribution in [0.15, 0.2) is 36.9 Å². The van der Waals surface area contributed by atoms with Crippen LogP contribution in [0, 0.1) is 0 Å². The first-order chi connectivity index (χ1) is 10.3. The van der Waals surface area contributed by atoms with Crippen LogP contribution in [0.25, 0.3) is 0 Å². The van der Waals surface area contributed by atoms with Crippen molar-refractivity contribution < 1.29 is 9.63 Å². The molecule has 1 aliphatic heterocycles. The number of carbonyl (C=O) groups excluding carboxylic acids is 1. The van der Waals surface area contributed by atoms with Crippen LogP contribution in [-0.4, -0.2) is 22.1 Å². The number of hydrogen-bond donors (Lipinski definition) is 0. The molecule has 1 heterocycles. The van der Waals surface area contributed by atoms with Gasteiger partial charge in [0.25, 0.3) is 0 Å². The average molecular weight is 301 g/mol. The maximum Gasteiger partial charge on any atom is 0.357 e. The monoisotopic (exact) mass is 301 g/mol. The largest absolute Gasteiger partial charge is 0.363 e. The summed E-state index contributed by atoms with van der Waals surface area (Å²) in [5.74, 6) is -0.277. The van der Waals surface area contributed by atoms with E-state index in [0.717, 1.165) is 24.8 Å². The second-order valence-corrected chi connectivity index (χ2v) is 7.30. The van der Waals surface area contributed by atoms with Crippen molar-refractivity contribution in [3.8, 4) is 0 Å². The molecule has 1 aromatic carbocycles. The molecule has 3 heteroatoms. The van der Waals surface area contributed by atoms with Crippen LogP contribution in [0.4, 0.5) is 0 Å². The lowest BCUT2D eigenvalue weighted by molar-refractivity contribution is -0.240. The Morgan fingerprint density at radius 3 is 2.41 bits per heavy atom. The van der Waals surface area contributed by atoms with Crippen molar-refractivity contribution in [2.75, 3.05) is 0 Å². The van der Waals surface area contributed by atoms with Gasteiger partial charge in [0.1, 0.15) is 0 Å². The molecule has 0 saturated carbocycles. The normalized spacial score (nSPS) is 20.4. The smallest absolute Gasteiger partial charge is 0.357 e. The minimum absolute atomic E-state index is 0.148. The Labute approximate surface area is 133 Å². The van der Waals surface area contributed by atoms with E-state index in [4.69, 9.17) is 4.84 Å². The van der Waals surface area contributed by atoms with Crippen molar-refractivity contribution in [3.05, 3.63) is 48.0 Å². The highest BCUT2D eigenvalue weighted by Crippen LogP contribution is 2.38. The predicted molar refractivity (Wildman–Crippen MR) is 89.6 cm³/mol. The molecule has 1 fully saturated rings. The number of rotatable bonds is 4. The van der Waals surface area contributed by atoms with E-state index < -0.39 is 0 Å². The molecule has 0 bridgehead atoms. The van der Waals surface area contributed by atoms with Crippen LogP contribution in [-0.2, 0) is 11.3 Å². The molecule has 0 aromatic heterocycles. The van der Waals surface area contributed by atoms with Gasteiger partial charge in [0.05, 0.1) is 16.6 Å². The molecule has 120 valence electrons. The molecule has 0 N–H and O–H groups in total. The molecule has 0 amide bonds. The third-order valence-corrected chi connectivity index (χ3v) is 4.45. The van der Waals surface area contributed by atoms with E-state index in [-0.39, 0.29) is 17.0 Å². The quantitative estimate of drug-likeness (QED) is 0.765. The summed E-state index contributed by atoms with van der Waals surface area (Å²) in [4.78, 5) is 18.5. The maximum atomic E-state index is 12.7. The van der Waals surface area contributed by atoms with Crippen molar-refractivity contribution in [1.82, 2.24) is 5.06 Å². The molecule has 3 nitrogen and oxygen atoms in total. The Bertz CT molecular complexity index is 544. The summed E-state index contributed by atoms with van der Waals surface area (Å²) in [6.07, 6.45) is 5.68. The highest BCUT2D eigenvalue weighted by molar-refractivity contribution is 5.91. The number of benzene rings is 1. The van der Waals surface area contributed by atoms with Crippen molar-refractivity contribution in [2.45, 2.75) is 64.5 Å². The number of piperidine rings is 1. The minimum atomic E-state index is -0.277. The second-order valence-electron chi connectivity index (χ2n) is 7.30. The molecule has 22 heavy (non-hydrogen) atoms. The fourth-order valence-corrected chi connectivity index (χ4v) is 3.41. The molecule has 1 aromatic rings. The van der Waals surface area contributed by atoms with Crippen molar-refractivity contribution in [1.29, 1.82) is 0 Å². The lowest BCUT2D eigenvalue weighted by atomic mass is 9.82. The zero-order valence-corrected chi connectivity index (χ0v) is 14.2. The Hall–Kier alpha value is -1.61. The topological polar surface area (TPSA) is 29.5 Å². The van der Waals surface area contributed by atoms with Gasteiger partial charge in [-0.1, -0.05) is 24.3 Å². The van der Waals surface area contributed by atoms with Gasteiger partial charge in [0.15, 0.2) is 0 Å². The predicted octanol–water partition coefficient (Wildman–Crippen LogP) is 4.53. The number of hydroxylamine groups is 2. The molecule has 0 spiro atoms. The van der Waals surface area contributed by atoms with Crippen molar-refractivity contribution >= 4 is 5.97 Å². The van der Waals surface area contributed by atoms with Gasteiger partial charge in [-0.15, -0.1) is 11.6 Å². The molecule has 0 radical (unpaired) electrons. The Morgan fingerprint density at radius 2 is 1.82 bits per heavy atom. The molecule has 0 atom stereocenters. The highest BCUT2D eigenvalue weighted by atomic mass is 16.7. The molecule has 1 aliphatic rings. The molecular formula is C19H27NO2. The van der Waals surface area contributed by atoms with Gasteiger partial charge in [0.2, 0.25) is 0 Å².